The van der Waals surface area contributed by atoms with Crippen molar-refractivity contribution < 1.29 is 4.79 Å². The standard InChI is InChI=1S/C24H37NOS/c1-6-7-8-9-19-14-20(22(27)18(3)21(19)16-26)15-23(4,5)24(25)12-10-17(2)11-13-24/h10,14,16,27H,6-9,11-13,15,25H2,1-5H3. The third kappa shape index (κ3) is 4.86. The minimum atomic E-state index is -0.202. The van der Waals surface area contributed by atoms with Crippen LogP contribution in [0.5, 0.6) is 0 Å². The molecule has 1 aliphatic rings. The normalized spacial score (nSPS) is 20.5. The van der Waals surface area contributed by atoms with Gasteiger partial charge < -0.3 is 5.73 Å². The minimum Gasteiger partial charge on any atom is -0.324 e. The highest BCUT2D eigenvalue weighted by atomic mass is 32.1. The number of hydrogen-bond acceptors (Lipinski definition) is 3. The molecule has 0 bridgehead atoms. The number of carbonyl (C=O) groups excluding carboxylic acids is 1. The molecule has 150 valence electrons. The first-order valence-electron chi connectivity index (χ1n) is 10.4. The maximum atomic E-state index is 11.7. The van der Waals surface area contributed by atoms with E-state index in [9.17, 15) is 4.79 Å². The van der Waals surface area contributed by atoms with E-state index in [1.807, 2.05) is 6.92 Å². The van der Waals surface area contributed by atoms with Crippen LogP contribution in [0.3, 0.4) is 0 Å². The zero-order valence-corrected chi connectivity index (χ0v) is 18.7. The monoisotopic (exact) mass is 387 g/mol. The number of thiol groups is 1. The SMILES string of the molecule is CCCCCc1cc(CC(C)(C)C2(N)CC=C(C)CC2)c(S)c(C)c1C=O. The molecule has 1 atom stereocenters. The van der Waals surface area contributed by atoms with Crippen LogP contribution in [0.4, 0.5) is 0 Å². The summed E-state index contributed by atoms with van der Waals surface area (Å²) >= 11 is 4.80. The average molecular weight is 388 g/mol. The maximum absolute atomic E-state index is 11.7. The molecule has 1 unspecified atom stereocenters. The Labute approximate surface area is 171 Å². The van der Waals surface area contributed by atoms with E-state index in [4.69, 9.17) is 18.4 Å². The molecule has 3 heteroatoms. The lowest BCUT2D eigenvalue weighted by molar-refractivity contribution is 0.112. The molecule has 0 aliphatic heterocycles. The van der Waals surface area contributed by atoms with Crippen molar-refractivity contribution in [1.29, 1.82) is 0 Å². The van der Waals surface area contributed by atoms with E-state index in [0.717, 1.165) is 60.8 Å². The number of aldehydes is 1. The molecule has 0 aromatic heterocycles. The van der Waals surface area contributed by atoms with E-state index in [2.05, 4.69) is 39.8 Å². The van der Waals surface area contributed by atoms with Gasteiger partial charge in [-0.2, -0.15) is 0 Å². The quantitative estimate of drug-likeness (QED) is 0.240. The minimum absolute atomic E-state index is 0.0441. The van der Waals surface area contributed by atoms with Crippen molar-refractivity contribution in [1.82, 2.24) is 0 Å². The molecule has 0 saturated carbocycles. The highest BCUT2D eigenvalue weighted by molar-refractivity contribution is 7.80. The molecule has 0 radical (unpaired) electrons. The van der Waals surface area contributed by atoms with Gasteiger partial charge in [-0.15, -0.1) is 12.6 Å². The lowest BCUT2D eigenvalue weighted by Gasteiger charge is -2.46. The number of unbranched alkanes of at least 4 members (excludes halogenated alkanes) is 2. The first-order chi connectivity index (χ1) is 12.6. The van der Waals surface area contributed by atoms with Crippen LogP contribution in [0.1, 0.15) is 93.3 Å². The Morgan fingerprint density at radius 1 is 1.26 bits per heavy atom. The zero-order valence-electron chi connectivity index (χ0n) is 17.8. The van der Waals surface area contributed by atoms with Gasteiger partial charge in [0.1, 0.15) is 0 Å². The summed E-state index contributed by atoms with van der Waals surface area (Å²) in [6, 6.07) is 2.23. The number of nitrogens with two attached hydrogens (primary N) is 1. The van der Waals surface area contributed by atoms with E-state index in [0.29, 0.717) is 0 Å². The molecule has 0 heterocycles. The molecule has 2 rings (SSSR count). The molecule has 1 aromatic rings. The van der Waals surface area contributed by atoms with Gasteiger partial charge >= 0.3 is 0 Å². The fourth-order valence-corrected chi connectivity index (χ4v) is 4.55. The third-order valence-electron chi connectivity index (χ3n) is 6.69. The lowest BCUT2D eigenvalue weighted by atomic mass is 9.63. The molecule has 27 heavy (non-hydrogen) atoms. The van der Waals surface area contributed by atoms with Crippen LogP contribution in [-0.2, 0) is 12.8 Å². The van der Waals surface area contributed by atoms with E-state index < -0.39 is 0 Å². The summed E-state index contributed by atoms with van der Waals surface area (Å²) in [5.41, 5.74) is 12.4. The van der Waals surface area contributed by atoms with Gasteiger partial charge in [0.15, 0.2) is 6.29 Å². The summed E-state index contributed by atoms with van der Waals surface area (Å²) in [5, 5.41) is 0. The largest absolute Gasteiger partial charge is 0.324 e. The summed E-state index contributed by atoms with van der Waals surface area (Å²) in [5.74, 6) is 0. The third-order valence-corrected chi connectivity index (χ3v) is 7.31. The van der Waals surface area contributed by atoms with Crippen LogP contribution < -0.4 is 5.73 Å². The van der Waals surface area contributed by atoms with Crippen molar-refractivity contribution in [3.05, 3.63) is 40.0 Å². The molecule has 1 aromatic carbocycles. The van der Waals surface area contributed by atoms with Crippen LogP contribution in [0.2, 0.25) is 0 Å². The second-order valence-electron chi connectivity index (χ2n) is 9.13. The molecular formula is C24H37NOS. The van der Waals surface area contributed by atoms with Crippen LogP contribution in [0, 0.1) is 12.3 Å². The smallest absolute Gasteiger partial charge is 0.150 e. The second kappa shape index (κ2) is 8.96. The van der Waals surface area contributed by atoms with Crippen molar-refractivity contribution in [2.45, 2.75) is 96.4 Å². The van der Waals surface area contributed by atoms with E-state index in [1.165, 1.54) is 29.5 Å². The Morgan fingerprint density at radius 2 is 1.96 bits per heavy atom. The van der Waals surface area contributed by atoms with E-state index in [1.54, 1.807) is 0 Å². The van der Waals surface area contributed by atoms with Gasteiger partial charge in [-0.1, -0.05) is 51.3 Å². The average Bonchev–Trinajstić information content (AvgIpc) is 2.62. The van der Waals surface area contributed by atoms with Crippen LogP contribution in [0.25, 0.3) is 0 Å². The Balaban J connectivity index is 2.35. The number of allylic oxidation sites excluding steroid dienone is 1. The lowest BCUT2D eigenvalue weighted by Crippen LogP contribution is -2.54. The van der Waals surface area contributed by atoms with Crippen molar-refractivity contribution in [3.63, 3.8) is 0 Å². The number of benzene rings is 1. The predicted molar refractivity (Wildman–Crippen MR) is 119 cm³/mol. The van der Waals surface area contributed by atoms with Crippen molar-refractivity contribution in [3.8, 4) is 0 Å². The van der Waals surface area contributed by atoms with E-state index >= 15 is 0 Å². The topological polar surface area (TPSA) is 43.1 Å². The summed E-state index contributed by atoms with van der Waals surface area (Å²) in [7, 11) is 0. The number of hydrogen-bond donors (Lipinski definition) is 2. The molecule has 2 nitrogen and oxygen atoms in total. The Morgan fingerprint density at radius 3 is 2.52 bits per heavy atom. The van der Waals surface area contributed by atoms with Gasteiger partial charge in [0.25, 0.3) is 0 Å². The Bertz CT molecular complexity index is 720. The molecule has 0 saturated heterocycles. The highest BCUT2D eigenvalue weighted by Crippen LogP contribution is 2.43. The van der Waals surface area contributed by atoms with Crippen molar-refractivity contribution >= 4 is 18.9 Å². The van der Waals surface area contributed by atoms with Gasteiger partial charge in [-0.25, -0.2) is 0 Å². The molecular weight excluding hydrogens is 350 g/mol. The fraction of sp³-hybridized carbons (Fsp3) is 0.625. The summed E-state index contributed by atoms with van der Waals surface area (Å²) in [6.45, 7) is 11.0. The zero-order chi connectivity index (χ0) is 20.2. The number of aryl methyl sites for hydroxylation is 1. The summed E-state index contributed by atoms with van der Waals surface area (Å²) in [6.07, 6.45) is 11.7. The molecule has 0 amide bonds. The number of carbonyl (C=O) groups is 1. The fourth-order valence-electron chi connectivity index (χ4n) is 4.28. The van der Waals surface area contributed by atoms with Crippen molar-refractivity contribution in [2.24, 2.45) is 11.1 Å². The van der Waals surface area contributed by atoms with Gasteiger partial charge in [0, 0.05) is 16.0 Å². The summed E-state index contributed by atoms with van der Waals surface area (Å²) in [4.78, 5) is 12.7. The highest BCUT2D eigenvalue weighted by Gasteiger charge is 2.42. The van der Waals surface area contributed by atoms with Crippen molar-refractivity contribution in [2.75, 3.05) is 0 Å². The molecule has 2 N–H and O–H groups in total. The van der Waals surface area contributed by atoms with Gasteiger partial charge in [0.05, 0.1) is 0 Å². The van der Waals surface area contributed by atoms with Crippen LogP contribution >= 0.6 is 12.6 Å². The van der Waals surface area contributed by atoms with Crippen LogP contribution in [-0.4, -0.2) is 11.8 Å². The Kier molecular flexibility index (Phi) is 7.38. The first-order valence-corrected chi connectivity index (χ1v) is 10.8. The first kappa shape index (κ1) is 22.2. The summed E-state index contributed by atoms with van der Waals surface area (Å²) < 4.78 is 0. The van der Waals surface area contributed by atoms with Crippen LogP contribution in [0.15, 0.2) is 22.6 Å². The molecule has 1 aliphatic carbocycles. The van der Waals surface area contributed by atoms with E-state index in [-0.39, 0.29) is 11.0 Å². The molecule has 0 spiro atoms. The maximum Gasteiger partial charge on any atom is 0.150 e. The van der Waals surface area contributed by atoms with Gasteiger partial charge in [-0.3, -0.25) is 4.79 Å². The predicted octanol–water partition coefficient (Wildman–Crippen LogP) is 6.23. The molecule has 0 fully saturated rings. The van der Waals surface area contributed by atoms with Gasteiger partial charge in [0.2, 0.25) is 0 Å². The second-order valence-corrected chi connectivity index (χ2v) is 9.58. The Hall–Kier alpha value is -1.06. The number of rotatable bonds is 8. The van der Waals surface area contributed by atoms with Gasteiger partial charge in [-0.05, 0) is 74.5 Å².